The topological polar surface area (TPSA) is 75.7 Å². The fourth-order valence-corrected chi connectivity index (χ4v) is 4.98. The standard InChI is InChI=1S/C25H27ClN2O4S/c1-19-12-14-23(15-13-19)33(30,31)28(22-10-5-9-21(26)17-22)18-25(29)27-16-6-8-20-7-3-4-11-24(20)32-2/h3-5,7,9-15,17H,6,8,16,18H2,1-2H3,(H,27,29). The van der Waals surface area contributed by atoms with Gasteiger partial charge in [0.1, 0.15) is 12.3 Å². The van der Waals surface area contributed by atoms with E-state index in [1.165, 1.54) is 18.2 Å². The van der Waals surface area contributed by atoms with E-state index < -0.39 is 15.9 Å². The molecule has 0 saturated heterocycles. The predicted octanol–water partition coefficient (Wildman–Crippen LogP) is 4.60. The second-order valence-corrected chi connectivity index (χ2v) is 9.87. The Morgan fingerprint density at radius 2 is 1.76 bits per heavy atom. The van der Waals surface area contributed by atoms with Crippen molar-refractivity contribution in [3.05, 3.63) is 88.9 Å². The van der Waals surface area contributed by atoms with E-state index in [1.54, 1.807) is 37.4 Å². The zero-order chi connectivity index (χ0) is 23.8. The highest BCUT2D eigenvalue weighted by atomic mass is 35.5. The molecular weight excluding hydrogens is 460 g/mol. The number of benzene rings is 3. The molecule has 3 aromatic rings. The average molecular weight is 487 g/mol. The lowest BCUT2D eigenvalue weighted by atomic mass is 10.1. The highest BCUT2D eigenvalue weighted by Crippen LogP contribution is 2.26. The summed E-state index contributed by atoms with van der Waals surface area (Å²) in [5.74, 6) is 0.408. The van der Waals surface area contributed by atoms with Crippen molar-refractivity contribution in [3.8, 4) is 5.75 Å². The summed E-state index contributed by atoms with van der Waals surface area (Å²) >= 11 is 6.10. The lowest BCUT2D eigenvalue weighted by molar-refractivity contribution is -0.119. The van der Waals surface area contributed by atoms with Gasteiger partial charge in [-0.2, -0.15) is 0 Å². The molecule has 0 unspecified atom stereocenters. The van der Waals surface area contributed by atoms with Crippen LogP contribution in [0.2, 0.25) is 5.02 Å². The molecular formula is C25H27ClN2O4S. The van der Waals surface area contributed by atoms with E-state index >= 15 is 0 Å². The predicted molar refractivity (Wildman–Crippen MR) is 131 cm³/mol. The van der Waals surface area contributed by atoms with Gasteiger partial charge in [0.05, 0.1) is 17.7 Å². The summed E-state index contributed by atoms with van der Waals surface area (Å²) in [6, 6.07) is 20.7. The number of sulfonamides is 1. The number of halogens is 1. The molecule has 33 heavy (non-hydrogen) atoms. The number of nitrogens with one attached hydrogen (secondary N) is 1. The minimum atomic E-state index is -3.97. The van der Waals surface area contributed by atoms with Crippen LogP contribution in [0.3, 0.4) is 0 Å². The fourth-order valence-electron chi connectivity index (χ4n) is 3.39. The van der Waals surface area contributed by atoms with Crippen LogP contribution in [0.1, 0.15) is 17.5 Å². The lowest BCUT2D eigenvalue weighted by Gasteiger charge is -2.24. The molecule has 1 N–H and O–H groups in total. The Balaban J connectivity index is 1.71. The van der Waals surface area contributed by atoms with Crippen molar-refractivity contribution in [2.45, 2.75) is 24.7 Å². The number of methoxy groups -OCH3 is 1. The third-order valence-electron chi connectivity index (χ3n) is 5.13. The Morgan fingerprint density at radius 3 is 2.45 bits per heavy atom. The molecule has 0 radical (unpaired) electrons. The van der Waals surface area contributed by atoms with E-state index in [4.69, 9.17) is 16.3 Å². The van der Waals surface area contributed by atoms with Gasteiger partial charge in [0.2, 0.25) is 5.91 Å². The van der Waals surface area contributed by atoms with Crippen LogP contribution >= 0.6 is 11.6 Å². The van der Waals surface area contributed by atoms with Crippen LogP contribution in [0, 0.1) is 6.92 Å². The molecule has 0 aromatic heterocycles. The molecule has 1 amide bonds. The van der Waals surface area contributed by atoms with Crippen LogP contribution < -0.4 is 14.4 Å². The Hall–Kier alpha value is -3.03. The molecule has 0 atom stereocenters. The maximum Gasteiger partial charge on any atom is 0.264 e. The smallest absolute Gasteiger partial charge is 0.264 e. The maximum absolute atomic E-state index is 13.4. The van der Waals surface area contributed by atoms with E-state index in [2.05, 4.69) is 5.32 Å². The monoisotopic (exact) mass is 486 g/mol. The number of amides is 1. The molecule has 3 aromatic carbocycles. The van der Waals surface area contributed by atoms with E-state index in [1.807, 2.05) is 31.2 Å². The molecule has 0 bridgehead atoms. The average Bonchev–Trinajstić information content (AvgIpc) is 2.80. The van der Waals surface area contributed by atoms with Crippen LogP contribution in [-0.4, -0.2) is 34.5 Å². The van der Waals surface area contributed by atoms with Gasteiger partial charge in [-0.05, 0) is 61.7 Å². The molecule has 0 spiro atoms. The Kier molecular flexibility index (Phi) is 8.36. The summed E-state index contributed by atoms with van der Waals surface area (Å²) in [6.07, 6.45) is 1.41. The minimum Gasteiger partial charge on any atom is -0.496 e. The highest BCUT2D eigenvalue weighted by Gasteiger charge is 2.27. The van der Waals surface area contributed by atoms with Crippen LogP contribution in [0.4, 0.5) is 5.69 Å². The minimum absolute atomic E-state index is 0.108. The number of hydrogen-bond donors (Lipinski definition) is 1. The number of nitrogens with zero attached hydrogens (tertiary/aromatic N) is 1. The highest BCUT2D eigenvalue weighted by molar-refractivity contribution is 7.92. The van der Waals surface area contributed by atoms with Crippen molar-refractivity contribution >= 4 is 33.2 Å². The first kappa shape index (κ1) is 24.6. The van der Waals surface area contributed by atoms with Gasteiger partial charge < -0.3 is 10.1 Å². The van der Waals surface area contributed by atoms with Gasteiger partial charge in [-0.1, -0.05) is 53.6 Å². The maximum atomic E-state index is 13.4. The zero-order valence-corrected chi connectivity index (χ0v) is 20.2. The summed E-state index contributed by atoms with van der Waals surface area (Å²) in [6.45, 7) is 1.93. The van der Waals surface area contributed by atoms with Gasteiger partial charge in [-0.15, -0.1) is 0 Å². The molecule has 0 aliphatic carbocycles. The van der Waals surface area contributed by atoms with Crippen molar-refractivity contribution in [2.75, 3.05) is 24.5 Å². The Bertz CT molecular complexity index is 1200. The van der Waals surface area contributed by atoms with E-state index in [0.717, 1.165) is 27.6 Å². The summed E-state index contributed by atoms with van der Waals surface area (Å²) < 4.78 is 33.2. The van der Waals surface area contributed by atoms with Gasteiger partial charge in [0.25, 0.3) is 10.0 Å². The van der Waals surface area contributed by atoms with Crippen LogP contribution in [0.25, 0.3) is 0 Å². The van der Waals surface area contributed by atoms with E-state index in [0.29, 0.717) is 23.7 Å². The Morgan fingerprint density at radius 1 is 1.03 bits per heavy atom. The van der Waals surface area contributed by atoms with Crippen molar-refractivity contribution in [1.29, 1.82) is 0 Å². The van der Waals surface area contributed by atoms with E-state index in [-0.39, 0.29) is 11.4 Å². The first-order valence-electron chi connectivity index (χ1n) is 10.5. The summed E-state index contributed by atoms with van der Waals surface area (Å²) in [7, 11) is -2.34. The first-order valence-corrected chi connectivity index (χ1v) is 12.4. The number of carbonyl (C=O) groups excluding carboxylic acids is 1. The van der Waals surface area contributed by atoms with E-state index in [9.17, 15) is 13.2 Å². The molecule has 0 saturated carbocycles. The number of para-hydroxylation sites is 1. The van der Waals surface area contributed by atoms with Crippen molar-refractivity contribution in [1.82, 2.24) is 5.32 Å². The molecule has 0 aliphatic heterocycles. The van der Waals surface area contributed by atoms with Gasteiger partial charge in [0.15, 0.2) is 0 Å². The number of anilines is 1. The number of rotatable bonds is 10. The van der Waals surface area contributed by atoms with Crippen molar-refractivity contribution in [2.24, 2.45) is 0 Å². The van der Waals surface area contributed by atoms with Crippen LogP contribution in [-0.2, 0) is 21.2 Å². The normalized spacial score (nSPS) is 11.1. The number of aryl methyl sites for hydroxylation is 2. The third kappa shape index (κ3) is 6.49. The third-order valence-corrected chi connectivity index (χ3v) is 7.15. The first-order chi connectivity index (χ1) is 15.8. The molecule has 0 fully saturated rings. The summed E-state index contributed by atoms with van der Waals surface area (Å²) in [5, 5.41) is 3.20. The fraction of sp³-hybridized carbons (Fsp3) is 0.240. The molecule has 0 aliphatic rings. The molecule has 0 heterocycles. The van der Waals surface area contributed by atoms with Gasteiger partial charge >= 0.3 is 0 Å². The SMILES string of the molecule is COc1ccccc1CCCNC(=O)CN(c1cccc(Cl)c1)S(=O)(=O)c1ccc(C)cc1. The van der Waals surface area contributed by atoms with Crippen LogP contribution in [0.5, 0.6) is 5.75 Å². The summed E-state index contributed by atoms with van der Waals surface area (Å²) in [4.78, 5) is 12.8. The molecule has 174 valence electrons. The second kappa shape index (κ2) is 11.2. The van der Waals surface area contributed by atoms with Gasteiger partial charge in [-0.25, -0.2) is 8.42 Å². The number of hydrogen-bond acceptors (Lipinski definition) is 4. The summed E-state index contributed by atoms with van der Waals surface area (Å²) in [5.41, 5.74) is 2.32. The Labute approximate surface area is 200 Å². The molecule has 8 heteroatoms. The quantitative estimate of drug-likeness (QED) is 0.425. The van der Waals surface area contributed by atoms with Crippen LogP contribution in [0.15, 0.2) is 77.7 Å². The second-order valence-electron chi connectivity index (χ2n) is 7.57. The largest absolute Gasteiger partial charge is 0.496 e. The molecule has 3 rings (SSSR count). The molecule has 6 nitrogen and oxygen atoms in total. The van der Waals surface area contributed by atoms with Gasteiger partial charge in [-0.3, -0.25) is 9.10 Å². The van der Waals surface area contributed by atoms with Crippen molar-refractivity contribution in [3.63, 3.8) is 0 Å². The zero-order valence-electron chi connectivity index (χ0n) is 18.6. The van der Waals surface area contributed by atoms with Gasteiger partial charge in [0, 0.05) is 11.6 Å². The lowest BCUT2D eigenvalue weighted by Crippen LogP contribution is -2.41. The number of carbonyl (C=O) groups is 1. The van der Waals surface area contributed by atoms with Crippen molar-refractivity contribution < 1.29 is 17.9 Å². The number of ether oxygens (including phenoxy) is 1.